The van der Waals surface area contributed by atoms with Crippen molar-refractivity contribution in [1.29, 1.82) is 0 Å². The molecule has 0 saturated carbocycles. The summed E-state index contributed by atoms with van der Waals surface area (Å²) in [5.74, 6) is 0.213. The standard InChI is InChI=1S/C23H23N5O3/c1-14(2)28-12-17-10-15(6-7-20(17)25-28)23-24-22(26-31-23)19-5-3-4-16-11-27(13-21(29)30)9-8-18(16)19/h3-7,10,12,14H,8-9,11,13H2,1-2H3,(H,29,30). The lowest BCUT2D eigenvalue weighted by Crippen LogP contribution is -2.34. The highest BCUT2D eigenvalue weighted by atomic mass is 16.5. The van der Waals surface area contributed by atoms with E-state index in [1.54, 1.807) is 0 Å². The van der Waals surface area contributed by atoms with Crippen molar-refractivity contribution in [1.82, 2.24) is 24.8 Å². The molecule has 0 bridgehead atoms. The smallest absolute Gasteiger partial charge is 0.317 e. The number of carbonyl (C=O) groups is 1. The highest BCUT2D eigenvalue weighted by molar-refractivity contribution is 5.83. The molecule has 1 aliphatic rings. The van der Waals surface area contributed by atoms with Gasteiger partial charge in [0.05, 0.1) is 12.1 Å². The molecular formula is C23H23N5O3. The Morgan fingerprint density at radius 2 is 2.13 bits per heavy atom. The maximum Gasteiger partial charge on any atom is 0.317 e. The molecule has 5 rings (SSSR count). The van der Waals surface area contributed by atoms with Gasteiger partial charge in [0.2, 0.25) is 5.82 Å². The van der Waals surface area contributed by atoms with Crippen LogP contribution in [0.3, 0.4) is 0 Å². The molecule has 2 aromatic heterocycles. The van der Waals surface area contributed by atoms with Crippen molar-refractivity contribution in [3.8, 4) is 22.8 Å². The Kier molecular flexibility index (Phi) is 4.78. The van der Waals surface area contributed by atoms with Crippen LogP contribution in [0, 0.1) is 0 Å². The topological polar surface area (TPSA) is 97.3 Å². The average molecular weight is 417 g/mol. The van der Waals surface area contributed by atoms with Gasteiger partial charge in [0.25, 0.3) is 5.89 Å². The quantitative estimate of drug-likeness (QED) is 0.528. The highest BCUT2D eigenvalue weighted by Gasteiger charge is 2.23. The first kappa shape index (κ1) is 19.4. The Hall–Kier alpha value is -3.52. The van der Waals surface area contributed by atoms with Gasteiger partial charge in [-0.1, -0.05) is 23.4 Å². The van der Waals surface area contributed by atoms with Gasteiger partial charge in [-0.25, -0.2) is 0 Å². The van der Waals surface area contributed by atoms with Crippen molar-refractivity contribution in [2.24, 2.45) is 0 Å². The number of aliphatic carboxylic acids is 1. The van der Waals surface area contributed by atoms with Gasteiger partial charge < -0.3 is 9.63 Å². The Bertz CT molecular complexity index is 1270. The fourth-order valence-corrected chi connectivity index (χ4v) is 4.10. The number of hydrogen-bond acceptors (Lipinski definition) is 6. The maximum absolute atomic E-state index is 11.0. The third kappa shape index (κ3) is 3.70. The number of carboxylic acids is 1. The Labute approximate surface area is 179 Å². The van der Waals surface area contributed by atoms with E-state index >= 15 is 0 Å². The van der Waals surface area contributed by atoms with Gasteiger partial charge in [-0.15, -0.1) is 0 Å². The van der Waals surface area contributed by atoms with E-state index in [2.05, 4.69) is 29.1 Å². The zero-order valence-corrected chi connectivity index (χ0v) is 17.4. The number of carboxylic acid groups (broad SMARTS) is 1. The molecule has 0 radical (unpaired) electrons. The normalized spacial score (nSPS) is 14.3. The number of aromatic nitrogens is 4. The molecule has 2 aromatic carbocycles. The first-order valence-electron chi connectivity index (χ1n) is 10.4. The van der Waals surface area contributed by atoms with Crippen LogP contribution in [0.25, 0.3) is 33.7 Å². The summed E-state index contributed by atoms with van der Waals surface area (Å²) < 4.78 is 7.54. The van der Waals surface area contributed by atoms with Gasteiger partial charge in [0.15, 0.2) is 0 Å². The lowest BCUT2D eigenvalue weighted by atomic mass is 9.94. The van der Waals surface area contributed by atoms with Crippen LogP contribution in [-0.4, -0.2) is 49.0 Å². The van der Waals surface area contributed by atoms with E-state index < -0.39 is 5.97 Å². The minimum absolute atomic E-state index is 0.0475. The monoisotopic (exact) mass is 417 g/mol. The molecule has 0 atom stereocenters. The Morgan fingerprint density at radius 1 is 1.26 bits per heavy atom. The van der Waals surface area contributed by atoms with Crippen LogP contribution in [-0.2, 0) is 17.8 Å². The molecule has 158 valence electrons. The zero-order chi connectivity index (χ0) is 21.5. The summed E-state index contributed by atoms with van der Waals surface area (Å²) >= 11 is 0. The second-order valence-corrected chi connectivity index (χ2v) is 8.20. The Balaban J connectivity index is 1.45. The fraction of sp³-hybridized carbons (Fsp3) is 0.304. The second-order valence-electron chi connectivity index (χ2n) is 8.20. The number of fused-ring (bicyclic) bond motifs is 2. The van der Waals surface area contributed by atoms with E-state index in [0.717, 1.165) is 39.6 Å². The van der Waals surface area contributed by atoms with Crippen LogP contribution in [0.4, 0.5) is 0 Å². The molecule has 0 fully saturated rings. The minimum atomic E-state index is -0.807. The number of benzene rings is 2. The van der Waals surface area contributed by atoms with Crippen molar-refractivity contribution in [3.05, 3.63) is 53.7 Å². The molecule has 31 heavy (non-hydrogen) atoms. The van der Waals surface area contributed by atoms with Gasteiger partial charge in [-0.2, -0.15) is 10.1 Å². The van der Waals surface area contributed by atoms with Gasteiger partial charge >= 0.3 is 5.97 Å². The zero-order valence-electron chi connectivity index (χ0n) is 17.4. The molecule has 4 aromatic rings. The van der Waals surface area contributed by atoms with Crippen LogP contribution in [0.15, 0.2) is 47.1 Å². The molecule has 8 heteroatoms. The predicted molar refractivity (Wildman–Crippen MR) is 115 cm³/mol. The van der Waals surface area contributed by atoms with Gasteiger partial charge in [-0.3, -0.25) is 14.4 Å². The van der Waals surface area contributed by atoms with E-state index in [1.165, 1.54) is 0 Å². The van der Waals surface area contributed by atoms with Crippen LogP contribution < -0.4 is 0 Å². The van der Waals surface area contributed by atoms with Crippen LogP contribution >= 0.6 is 0 Å². The molecule has 0 unspecified atom stereocenters. The molecule has 1 aliphatic heterocycles. The summed E-state index contributed by atoms with van der Waals surface area (Å²) in [5.41, 5.74) is 4.99. The van der Waals surface area contributed by atoms with Crippen molar-refractivity contribution in [2.45, 2.75) is 32.9 Å². The summed E-state index contributed by atoms with van der Waals surface area (Å²) in [7, 11) is 0. The van der Waals surface area contributed by atoms with Crippen molar-refractivity contribution in [2.75, 3.05) is 13.1 Å². The lowest BCUT2D eigenvalue weighted by molar-refractivity contribution is -0.138. The highest BCUT2D eigenvalue weighted by Crippen LogP contribution is 2.31. The number of hydrogen-bond donors (Lipinski definition) is 1. The average Bonchev–Trinajstić information content (AvgIpc) is 3.39. The summed E-state index contributed by atoms with van der Waals surface area (Å²) in [6.07, 6.45) is 2.78. The van der Waals surface area contributed by atoms with E-state index in [0.29, 0.717) is 30.8 Å². The third-order valence-electron chi connectivity index (χ3n) is 5.67. The summed E-state index contributed by atoms with van der Waals surface area (Å²) in [4.78, 5) is 17.6. The molecule has 0 spiro atoms. The van der Waals surface area contributed by atoms with Gasteiger partial charge in [-0.05, 0) is 49.6 Å². The van der Waals surface area contributed by atoms with Crippen LogP contribution in [0.2, 0.25) is 0 Å². The minimum Gasteiger partial charge on any atom is -0.480 e. The van der Waals surface area contributed by atoms with E-state index in [4.69, 9.17) is 9.63 Å². The van der Waals surface area contributed by atoms with Crippen molar-refractivity contribution < 1.29 is 14.4 Å². The maximum atomic E-state index is 11.0. The van der Waals surface area contributed by atoms with Gasteiger partial charge in [0, 0.05) is 41.8 Å². The number of nitrogens with zero attached hydrogens (tertiary/aromatic N) is 5. The molecule has 0 saturated heterocycles. The summed E-state index contributed by atoms with van der Waals surface area (Å²) in [6, 6.07) is 12.2. The third-order valence-corrected chi connectivity index (χ3v) is 5.67. The van der Waals surface area contributed by atoms with E-state index in [1.807, 2.05) is 52.2 Å². The first-order chi connectivity index (χ1) is 15.0. The predicted octanol–water partition coefficient (Wildman–Crippen LogP) is 3.78. The molecule has 1 N–H and O–H groups in total. The molecule has 8 nitrogen and oxygen atoms in total. The van der Waals surface area contributed by atoms with E-state index in [9.17, 15) is 4.79 Å². The largest absolute Gasteiger partial charge is 0.480 e. The molecule has 0 aliphatic carbocycles. The molecular weight excluding hydrogens is 394 g/mol. The van der Waals surface area contributed by atoms with Crippen LogP contribution in [0.5, 0.6) is 0 Å². The lowest BCUT2D eigenvalue weighted by Gasteiger charge is -2.28. The Morgan fingerprint density at radius 3 is 2.94 bits per heavy atom. The second kappa shape index (κ2) is 7.63. The van der Waals surface area contributed by atoms with Crippen LogP contribution in [0.1, 0.15) is 31.0 Å². The summed E-state index contributed by atoms with van der Waals surface area (Å²) in [6.45, 7) is 5.54. The van der Waals surface area contributed by atoms with E-state index in [-0.39, 0.29) is 6.54 Å². The first-order valence-corrected chi connectivity index (χ1v) is 10.4. The van der Waals surface area contributed by atoms with Gasteiger partial charge in [0.1, 0.15) is 0 Å². The fourth-order valence-electron chi connectivity index (χ4n) is 4.10. The number of rotatable bonds is 5. The van der Waals surface area contributed by atoms with Crippen molar-refractivity contribution >= 4 is 16.9 Å². The molecule has 0 amide bonds. The summed E-state index contributed by atoms with van der Waals surface area (Å²) in [5, 5.41) is 18.9. The van der Waals surface area contributed by atoms with Crippen molar-refractivity contribution in [3.63, 3.8) is 0 Å². The molecule has 3 heterocycles. The SMILES string of the molecule is CC(C)n1cc2cc(-c3nc(-c4cccc5c4CCN(CC(=O)O)C5)no3)ccc2n1.